The Bertz CT molecular complexity index is 561. The lowest BCUT2D eigenvalue weighted by Gasteiger charge is -2.61. The van der Waals surface area contributed by atoms with E-state index in [1.807, 2.05) is 0 Å². The minimum absolute atomic E-state index is 0.520. The smallest absolute Gasteiger partial charge is 0.0224 e. The molecule has 5 aliphatic rings. The van der Waals surface area contributed by atoms with Crippen LogP contribution < -0.4 is 0 Å². The molecule has 2 aliphatic carbocycles. The topological polar surface area (TPSA) is 9.72 Å². The second-order valence-electron chi connectivity index (χ2n) is 13.2. The van der Waals surface area contributed by atoms with Crippen molar-refractivity contribution in [2.75, 3.05) is 46.3 Å². The van der Waals surface area contributed by atoms with Gasteiger partial charge in [0, 0.05) is 44.8 Å². The molecule has 5 fully saturated rings. The van der Waals surface area contributed by atoms with Crippen LogP contribution in [-0.2, 0) is 0 Å². The number of rotatable bonds is 2. The van der Waals surface area contributed by atoms with Crippen LogP contribution in [0, 0.1) is 22.2 Å². The monoisotopic (exact) mass is 401 g/mol. The molecule has 2 spiro atoms. The Kier molecular flexibility index (Phi) is 5.36. The summed E-state index contributed by atoms with van der Waals surface area (Å²) >= 11 is 0. The maximum Gasteiger partial charge on any atom is 0.0224 e. The van der Waals surface area contributed by atoms with E-state index in [2.05, 4.69) is 42.5 Å². The van der Waals surface area contributed by atoms with Gasteiger partial charge in [0.15, 0.2) is 0 Å². The highest BCUT2D eigenvalue weighted by Crippen LogP contribution is 2.52. The van der Waals surface area contributed by atoms with Crippen molar-refractivity contribution in [3.8, 4) is 0 Å². The first kappa shape index (κ1) is 20.8. The van der Waals surface area contributed by atoms with Crippen LogP contribution in [0.2, 0.25) is 0 Å². The van der Waals surface area contributed by atoms with Crippen LogP contribution in [0.5, 0.6) is 0 Å². The Balaban J connectivity index is 1.04. The molecule has 3 heteroatoms. The first-order valence-corrected chi connectivity index (χ1v) is 12.9. The molecule has 166 valence electrons. The summed E-state index contributed by atoms with van der Waals surface area (Å²) in [5.74, 6) is 0.960. The van der Waals surface area contributed by atoms with Gasteiger partial charge in [-0.15, -0.1) is 0 Å². The highest BCUT2D eigenvalue weighted by atomic mass is 15.3. The van der Waals surface area contributed by atoms with E-state index in [0.29, 0.717) is 10.8 Å². The molecular formula is C26H47N3. The molecule has 0 bridgehead atoms. The molecule has 1 atom stereocenters. The Morgan fingerprint density at radius 3 is 1.72 bits per heavy atom. The molecule has 1 unspecified atom stereocenters. The van der Waals surface area contributed by atoms with Crippen molar-refractivity contribution >= 4 is 0 Å². The van der Waals surface area contributed by atoms with E-state index in [-0.39, 0.29) is 0 Å². The Morgan fingerprint density at radius 2 is 1.21 bits per heavy atom. The molecule has 0 aromatic rings. The average Bonchev–Trinajstić information content (AvgIpc) is 2.64. The zero-order valence-electron chi connectivity index (χ0n) is 19.9. The quantitative estimate of drug-likeness (QED) is 0.654. The van der Waals surface area contributed by atoms with E-state index in [4.69, 9.17) is 0 Å². The van der Waals surface area contributed by atoms with Crippen molar-refractivity contribution in [3.05, 3.63) is 0 Å². The third-order valence-corrected chi connectivity index (χ3v) is 10.1. The standard InChI is InChI=1S/C26H47N3/c1-24(2,3)21-7-11-25(12-8-21)17-28(18-25)22-9-13-26(14-10-22)19-29(20-26)23-6-5-15-27(4)16-23/h21-23H,5-20H2,1-4H3. The molecule has 0 aromatic heterocycles. The second-order valence-corrected chi connectivity index (χ2v) is 13.2. The number of nitrogens with zero attached hydrogens (tertiary/aromatic N) is 3. The average molecular weight is 402 g/mol. The molecule has 3 aliphatic heterocycles. The molecule has 0 aromatic carbocycles. The van der Waals surface area contributed by atoms with Gasteiger partial charge in [0.05, 0.1) is 0 Å². The van der Waals surface area contributed by atoms with Gasteiger partial charge in [-0.2, -0.15) is 0 Å². The second kappa shape index (κ2) is 7.48. The van der Waals surface area contributed by atoms with Crippen LogP contribution in [0.25, 0.3) is 0 Å². The minimum atomic E-state index is 0.520. The third kappa shape index (κ3) is 4.05. The zero-order chi connectivity index (χ0) is 20.3. The van der Waals surface area contributed by atoms with Gasteiger partial charge in [-0.25, -0.2) is 0 Å². The highest BCUT2D eigenvalue weighted by Gasteiger charge is 2.52. The molecule has 0 N–H and O–H groups in total. The Labute approximate surface area is 180 Å². The fraction of sp³-hybridized carbons (Fsp3) is 1.00. The van der Waals surface area contributed by atoms with Gasteiger partial charge in [0.1, 0.15) is 0 Å². The van der Waals surface area contributed by atoms with Crippen molar-refractivity contribution < 1.29 is 0 Å². The van der Waals surface area contributed by atoms with Crippen molar-refractivity contribution in [3.63, 3.8) is 0 Å². The number of hydrogen-bond acceptors (Lipinski definition) is 3. The van der Waals surface area contributed by atoms with Crippen LogP contribution in [0.1, 0.15) is 85.0 Å². The summed E-state index contributed by atoms with van der Waals surface area (Å²) in [6, 6.07) is 1.78. The number of likely N-dealkylation sites (tertiary alicyclic amines) is 3. The lowest BCUT2D eigenvalue weighted by atomic mass is 9.60. The minimum Gasteiger partial charge on any atom is -0.305 e. The molecule has 3 nitrogen and oxygen atoms in total. The zero-order valence-corrected chi connectivity index (χ0v) is 19.9. The molecule has 0 amide bonds. The summed E-state index contributed by atoms with van der Waals surface area (Å²) < 4.78 is 0. The largest absolute Gasteiger partial charge is 0.305 e. The Morgan fingerprint density at radius 1 is 0.690 bits per heavy atom. The molecule has 5 rings (SSSR count). The lowest BCUT2D eigenvalue weighted by Crippen LogP contribution is -2.66. The summed E-state index contributed by atoms with van der Waals surface area (Å²) in [7, 11) is 2.31. The molecule has 3 saturated heterocycles. The van der Waals surface area contributed by atoms with Crippen molar-refractivity contribution in [2.24, 2.45) is 22.2 Å². The van der Waals surface area contributed by atoms with Gasteiger partial charge >= 0.3 is 0 Å². The van der Waals surface area contributed by atoms with Crippen LogP contribution in [0.15, 0.2) is 0 Å². The predicted molar refractivity (Wildman–Crippen MR) is 122 cm³/mol. The molecular weight excluding hydrogens is 354 g/mol. The number of likely N-dealkylation sites (N-methyl/N-ethyl adjacent to an activating group) is 1. The van der Waals surface area contributed by atoms with E-state index in [1.54, 1.807) is 0 Å². The van der Waals surface area contributed by atoms with Crippen LogP contribution in [-0.4, -0.2) is 73.1 Å². The Hall–Kier alpha value is -0.120. The normalized spacial score (nSPS) is 35.0. The SMILES string of the molecule is CN1CCCC(N2CC3(CCC(N4CC5(CCC(C(C)(C)C)CC5)C4)CC3)C2)C1. The van der Waals surface area contributed by atoms with Gasteiger partial charge in [-0.05, 0) is 100.0 Å². The summed E-state index contributed by atoms with van der Waals surface area (Å²) in [6.07, 6.45) is 14.8. The van der Waals surface area contributed by atoms with Gasteiger partial charge < -0.3 is 4.90 Å². The summed E-state index contributed by atoms with van der Waals surface area (Å²) in [5, 5.41) is 0. The van der Waals surface area contributed by atoms with Crippen LogP contribution in [0.4, 0.5) is 0 Å². The first-order valence-electron chi connectivity index (χ1n) is 12.9. The molecule has 2 saturated carbocycles. The number of piperidine rings is 1. The third-order valence-electron chi connectivity index (χ3n) is 10.1. The fourth-order valence-electron chi connectivity index (χ4n) is 7.89. The van der Waals surface area contributed by atoms with E-state index in [0.717, 1.165) is 23.4 Å². The van der Waals surface area contributed by atoms with Crippen LogP contribution in [0.3, 0.4) is 0 Å². The van der Waals surface area contributed by atoms with Gasteiger partial charge in [-0.3, -0.25) is 9.80 Å². The van der Waals surface area contributed by atoms with E-state index in [1.165, 1.54) is 103 Å². The van der Waals surface area contributed by atoms with E-state index in [9.17, 15) is 0 Å². The van der Waals surface area contributed by atoms with E-state index >= 15 is 0 Å². The first-order chi connectivity index (χ1) is 13.8. The predicted octanol–water partition coefficient (Wildman–Crippen LogP) is 4.86. The summed E-state index contributed by atoms with van der Waals surface area (Å²) in [4.78, 5) is 8.28. The molecule has 29 heavy (non-hydrogen) atoms. The van der Waals surface area contributed by atoms with Crippen molar-refractivity contribution in [1.29, 1.82) is 0 Å². The summed E-state index contributed by atoms with van der Waals surface area (Å²) in [5.41, 5.74) is 1.95. The van der Waals surface area contributed by atoms with Gasteiger partial charge in [0.2, 0.25) is 0 Å². The van der Waals surface area contributed by atoms with Crippen molar-refractivity contribution in [1.82, 2.24) is 14.7 Å². The molecule has 0 radical (unpaired) electrons. The molecule has 3 heterocycles. The van der Waals surface area contributed by atoms with Crippen LogP contribution >= 0.6 is 0 Å². The van der Waals surface area contributed by atoms with Gasteiger partial charge in [-0.1, -0.05) is 20.8 Å². The fourth-order valence-corrected chi connectivity index (χ4v) is 7.89. The maximum absolute atomic E-state index is 2.90. The summed E-state index contributed by atoms with van der Waals surface area (Å²) in [6.45, 7) is 15.7. The maximum atomic E-state index is 2.90. The van der Waals surface area contributed by atoms with Gasteiger partial charge in [0.25, 0.3) is 0 Å². The van der Waals surface area contributed by atoms with Crippen molar-refractivity contribution in [2.45, 2.75) is 97.1 Å². The van der Waals surface area contributed by atoms with E-state index < -0.39 is 0 Å². The highest BCUT2D eigenvalue weighted by molar-refractivity contribution is 5.05. The number of hydrogen-bond donors (Lipinski definition) is 0. The lowest BCUT2D eigenvalue weighted by molar-refractivity contribution is -0.111.